The predicted octanol–water partition coefficient (Wildman–Crippen LogP) is 3.53. The number of aromatic nitrogens is 2. The standard InChI is InChI=1S/C17H15ClN2O3/c1-12-4-2-7-16-19-15(11-20(12)16)17(21)23-9-8-22-14-6-3-5-13(18)10-14/h2-7,10-11H,8-9H2,1H3. The lowest BCUT2D eigenvalue weighted by Gasteiger charge is -2.06. The third-order valence-corrected chi connectivity index (χ3v) is 3.52. The van der Waals surface area contributed by atoms with Crippen LogP contribution in [0.5, 0.6) is 5.75 Å². The maximum absolute atomic E-state index is 12.0. The summed E-state index contributed by atoms with van der Waals surface area (Å²) in [4.78, 5) is 16.3. The van der Waals surface area contributed by atoms with E-state index in [0.29, 0.717) is 16.4 Å². The van der Waals surface area contributed by atoms with Gasteiger partial charge in [0.1, 0.15) is 24.6 Å². The highest BCUT2D eigenvalue weighted by molar-refractivity contribution is 6.30. The van der Waals surface area contributed by atoms with Crippen LogP contribution in [-0.2, 0) is 4.74 Å². The minimum atomic E-state index is -0.470. The highest BCUT2D eigenvalue weighted by Crippen LogP contribution is 2.17. The van der Waals surface area contributed by atoms with Gasteiger partial charge in [-0.1, -0.05) is 23.7 Å². The number of nitrogens with zero attached hydrogens (tertiary/aromatic N) is 2. The number of aryl methyl sites for hydroxylation is 1. The molecular formula is C17H15ClN2O3. The van der Waals surface area contributed by atoms with Gasteiger partial charge in [-0.2, -0.15) is 0 Å². The number of pyridine rings is 1. The molecule has 0 aliphatic rings. The molecule has 0 atom stereocenters. The normalized spacial score (nSPS) is 10.7. The number of benzene rings is 1. The molecule has 0 radical (unpaired) electrons. The summed E-state index contributed by atoms with van der Waals surface area (Å²) < 4.78 is 12.5. The summed E-state index contributed by atoms with van der Waals surface area (Å²) in [5, 5.41) is 0.597. The van der Waals surface area contributed by atoms with Gasteiger partial charge in [-0.15, -0.1) is 0 Å². The first kappa shape index (κ1) is 15.4. The molecule has 118 valence electrons. The van der Waals surface area contributed by atoms with Crippen molar-refractivity contribution in [3.05, 3.63) is 65.1 Å². The Bertz CT molecular complexity index is 845. The lowest BCUT2D eigenvalue weighted by atomic mass is 10.3. The molecule has 3 aromatic rings. The van der Waals surface area contributed by atoms with E-state index in [0.717, 1.165) is 5.69 Å². The quantitative estimate of drug-likeness (QED) is 0.530. The Morgan fingerprint density at radius 3 is 2.83 bits per heavy atom. The monoisotopic (exact) mass is 330 g/mol. The summed E-state index contributed by atoms with van der Waals surface area (Å²) in [6, 6.07) is 12.7. The van der Waals surface area contributed by atoms with Crippen LogP contribution in [0.15, 0.2) is 48.7 Å². The number of esters is 1. The van der Waals surface area contributed by atoms with E-state index in [2.05, 4.69) is 4.98 Å². The third-order valence-electron chi connectivity index (χ3n) is 3.29. The van der Waals surface area contributed by atoms with Crippen molar-refractivity contribution in [1.82, 2.24) is 9.38 Å². The van der Waals surface area contributed by atoms with Crippen LogP contribution in [-0.4, -0.2) is 28.6 Å². The number of hydrogen-bond donors (Lipinski definition) is 0. The molecule has 0 aliphatic carbocycles. The van der Waals surface area contributed by atoms with E-state index in [4.69, 9.17) is 21.1 Å². The van der Waals surface area contributed by atoms with Gasteiger partial charge < -0.3 is 13.9 Å². The summed E-state index contributed by atoms with van der Waals surface area (Å²) in [5.41, 5.74) is 1.99. The Morgan fingerprint density at radius 2 is 2.04 bits per heavy atom. The number of carbonyl (C=O) groups excluding carboxylic acids is 1. The first-order valence-corrected chi connectivity index (χ1v) is 7.51. The molecule has 3 rings (SSSR count). The van der Waals surface area contributed by atoms with Crippen LogP contribution in [0.3, 0.4) is 0 Å². The van der Waals surface area contributed by atoms with Gasteiger partial charge in [0.05, 0.1) is 0 Å². The molecule has 23 heavy (non-hydrogen) atoms. The van der Waals surface area contributed by atoms with E-state index in [1.54, 1.807) is 30.5 Å². The number of carbonyl (C=O) groups is 1. The fourth-order valence-corrected chi connectivity index (χ4v) is 2.35. The fourth-order valence-electron chi connectivity index (χ4n) is 2.17. The van der Waals surface area contributed by atoms with Crippen molar-refractivity contribution in [3.63, 3.8) is 0 Å². The average molecular weight is 331 g/mol. The molecule has 1 aromatic carbocycles. The fraction of sp³-hybridized carbons (Fsp3) is 0.176. The smallest absolute Gasteiger partial charge is 0.358 e. The number of fused-ring (bicyclic) bond motifs is 1. The van der Waals surface area contributed by atoms with Crippen molar-refractivity contribution < 1.29 is 14.3 Å². The van der Waals surface area contributed by atoms with Gasteiger partial charge in [-0.3, -0.25) is 0 Å². The molecule has 0 spiro atoms. The van der Waals surface area contributed by atoms with Gasteiger partial charge in [0.2, 0.25) is 0 Å². The van der Waals surface area contributed by atoms with Gasteiger partial charge in [0.15, 0.2) is 5.69 Å². The van der Waals surface area contributed by atoms with E-state index < -0.39 is 5.97 Å². The van der Waals surface area contributed by atoms with E-state index in [-0.39, 0.29) is 18.9 Å². The van der Waals surface area contributed by atoms with Crippen molar-refractivity contribution in [2.45, 2.75) is 6.92 Å². The lowest BCUT2D eigenvalue weighted by Crippen LogP contribution is -2.12. The van der Waals surface area contributed by atoms with Gasteiger partial charge in [-0.25, -0.2) is 9.78 Å². The van der Waals surface area contributed by atoms with Crippen molar-refractivity contribution >= 4 is 23.2 Å². The average Bonchev–Trinajstić information content (AvgIpc) is 2.97. The Hall–Kier alpha value is -2.53. The van der Waals surface area contributed by atoms with Crippen LogP contribution in [0.2, 0.25) is 5.02 Å². The summed E-state index contributed by atoms with van der Waals surface area (Å²) in [5.74, 6) is 0.166. The Labute approximate surface area is 138 Å². The third kappa shape index (κ3) is 3.63. The van der Waals surface area contributed by atoms with Crippen molar-refractivity contribution in [1.29, 1.82) is 0 Å². The van der Waals surface area contributed by atoms with Gasteiger partial charge in [0, 0.05) is 16.9 Å². The second kappa shape index (κ2) is 6.71. The number of imidazole rings is 1. The SMILES string of the molecule is Cc1cccc2nc(C(=O)OCCOc3cccc(Cl)c3)cn12. The summed E-state index contributed by atoms with van der Waals surface area (Å²) in [6.07, 6.45) is 1.67. The van der Waals surface area contributed by atoms with E-state index in [1.807, 2.05) is 29.5 Å². The van der Waals surface area contributed by atoms with Gasteiger partial charge in [-0.05, 0) is 37.3 Å². The molecule has 0 saturated carbocycles. The molecule has 0 saturated heterocycles. The van der Waals surface area contributed by atoms with Gasteiger partial charge >= 0.3 is 5.97 Å². The first-order chi connectivity index (χ1) is 11.1. The van der Waals surface area contributed by atoms with Crippen molar-refractivity contribution in [2.24, 2.45) is 0 Å². The minimum Gasteiger partial charge on any atom is -0.490 e. The maximum atomic E-state index is 12.0. The largest absolute Gasteiger partial charge is 0.490 e. The first-order valence-electron chi connectivity index (χ1n) is 7.14. The van der Waals surface area contributed by atoms with Gasteiger partial charge in [0.25, 0.3) is 0 Å². The van der Waals surface area contributed by atoms with Crippen molar-refractivity contribution in [2.75, 3.05) is 13.2 Å². The Balaban J connectivity index is 1.55. The van der Waals surface area contributed by atoms with Crippen LogP contribution in [0.4, 0.5) is 0 Å². The Morgan fingerprint density at radius 1 is 1.22 bits per heavy atom. The number of rotatable bonds is 5. The Kier molecular flexibility index (Phi) is 4.48. The molecule has 0 fully saturated rings. The molecule has 2 aromatic heterocycles. The van der Waals surface area contributed by atoms with E-state index >= 15 is 0 Å². The number of ether oxygens (including phenoxy) is 2. The zero-order valence-electron chi connectivity index (χ0n) is 12.5. The lowest BCUT2D eigenvalue weighted by molar-refractivity contribution is 0.0444. The van der Waals surface area contributed by atoms with Crippen LogP contribution in [0, 0.1) is 6.92 Å². The zero-order valence-corrected chi connectivity index (χ0v) is 13.3. The molecule has 0 bridgehead atoms. The molecule has 5 nitrogen and oxygen atoms in total. The molecule has 0 N–H and O–H groups in total. The molecule has 2 heterocycles. The van der Waals surface area contributed by atoms with E-state index in [9.17, 15) is 4.79 Å². The maximum Gasteiger partial charge on any atom is 0.358 e. The van der Waals surface area contributed by atoms with Crippen LogP contribution in [0.25, 0.3) is 5.65 Å². The van der Waals surface area contributed by atoms with Crippen LogP contribution < -0.4 is 4.74 Å². The molecule has 0 amide bonds. The van der Waals surface area contributed by atoms with Crippen molar-refractivity contribution in [3.8, 4) is 5.75 Å². The summed E-state index contributed by atoms with van der Waals surface area (Å²) in [6.45, 7) is 2.33. The van der Waals surface area contributed by atoms with Crippen LogP contribution >= 0.6 is 11.6 Å². The van der Waals surface area contributed by atoms with E-state index in [1.165, 1.54) is 0 Å². The number of hydrogen-bond acceptors (Lipinski definition) is 4. The highest BCUT2D eigenvalue weighted by atomic mass is 35.5. The molecular weight excluding hydrogens is 316 g/mol. The van der Waals surface area contributed by atoms with Crippen LogP contribution in [0.1, 0.15) is 16.2 Å². The minimum absolute atomic E-state index is 0.137. The second-order valence-corrected chi connectivity index (χ2v) is 5.40. The predicted molar refractivity (Wildman–Crippen MR) is 87.2 cm³/mol. The highest BCUT2D eigenvalue weighted by Gasteiger charge is 2.12. The number of halogens is 1. The molecule has 6 heteroatoms. The summed E-state index contributed by atoms with van der Waals surface area (Å²) in [7, 11) is 0. The molecule has 0 aliphatic heterocycles. The topological polar surface area (TPSA) is 52.8 Å². The second-order valence-electron chi connectivity index (χ2n) is 4.96. The summed E-state index contributed by atoms with van der Waals surface area (Å²) >= 11 is 5.86. The molecule has 0 unspecified atom stereocenters. The zero-order chi connectivity index (χ0) is 16.2.